The van der Waals surface area contributed by atoms with Crippen LogP contribution in [0.15, 0.2) is 23.9 Å². The molecule has 0 aromatic carbocycles. The number of hydrogen-bond acceptors (Lipinski definition) is 3. The lowest BCUT2D eigenvalue weighted by Gasteiger charge is -2.41. The average molecular weight is 233 g/mol. The van der Waals surface area contributed by atoms with E-state index >= 15 is 0 Å². The minimum atomic E-state index is -0.295. The van der Waals surface area contributed by atoms with Crippen LogP contribution in [0.2, 0.25) is 0 Å². The third-order valence-electron chi connectivity index (χ3n) is 3.79. The first-order valence-electron chi connectivity index (χ1n) is 6.13. The second-order valence-corrected chi connectivity index (χ2v) is 5.06. The number of carbonyl (C=O) groups is 1. The summed E-state index contributed by atoms with van der Waals surface area (Å²) >= 11 is 0. The molecule has 1 fully saturated rings. The van der Waals surface area contributed by atoms with Crippen LogP contribution in [0.4, 0.5) is 0 Å². The Kier molecular flexibility index (Phi) is 2.56. The Balaban J connectivity index is 1.81. The Morgan fingerprint density at radius 2 is 2.47 bits per heavy atom. The molecule has 1 radical (unpaired) electrons. The molecule has 2 unspecified atom stereocenters. The van der Waals surface area contributed by atoms with Crippen LogP contribution < -0.4 is 5.32 Å². The molecule has 3 rings (SSSR count). The van der Waals surface area contributed by atoms with Gasteiger partial charge in [-0.2, -0.15) is 0 Å². The van der Waals surface area contributed by atoms with E-state index in [1.54, 1.807) is 0 Å². The molecule has 0 spiro atoms. The monoisotopic (exact) mass is 233 g/mol. The van der Waals surface area contributed by atoms with Crippen molar-refractivity contribution in [1.82, 2.24) is 10.2 Å². The molecule has 1 saturated heterocycles. The summed E-state index contributed by atoms with van der Waals surface area (Å²) in [5.41, 5.74) is 0.833. The lowest BCUT2D eigenvalue weighted by Crippen LogP contribution is -2.57. The second kappa shape index (κ2) is 3.96. The molecule has 3 aliphatic rings. The number of fused-ring (bicyclic) bond motifs is 1. The van der Waals surface area contributed by atoms with Crippen LogP contribution in [0.3, 0.4) is 0 Å². The van der Waals surface area contributed by atoms with Crippen LogP contribution in [0.5, 0.6) is 0 Å². The maximum Gasteiger partial charge on any atom is 0.145 e. The minimum absolute atomic E-state index is 0.0500. The zero-order valence-electron chi connectivity index (χ0n) is 10.1. The van der Waals surface area contributed by atoms with Crippen LogP contribution >= 0.6 is 0 Å². The number of carbonyl (C=O) groups excluding carboxylic acids is 1. The van der Waals surface area contributed by atoms with Gasteiger partial charge in [0.15, 0.2) is 0 Å². The molecule has 4 heteroatoms. The van der Waals surface area contributed by atoms with E-state index in [0.717, 1.165) is 18.7 Å². The first-order chi connectivity index (χ1) is 8.19. The van der Waals surface area contributed by atoms with Crippen LogP contribution in [0.1, 0.15) is 13.3 Å². The van der Waals surface area contributed by atoms with Gasteiger partial charge < -0.3 is 9.64 Å². The van der Waals surface area contributed by atoms with Gasteiger partial charge in [-0.3, -0.25) is 4.79 Å². The quantitative estimate of drug-likeness (QED) is 0.669. The smallest absolute Gasteiger partial charge is 0.145 e. The molecule has 1 aliphatic carbocycles. The molecule has 2 aliphatic heterocycles. The van der Waals surface area contributed by atoms with Crippen molar-refractivity contribution in [3.05, 3.63) is 23.9 Å². The van der Waals surface area contributed by atoms with Gasteiger partial charge in [0, 0.05) is 25.7 Å². The molecule has 0 N–H and O–H groups in total. The van der Waals surface area contributed by atoms with Crippen molar-refractivity contribution in [2.75, 3.05) is 26.3 Å². The van der Waals surface area contributed by atoms with E-state index in [1.807, 2.05) is 6.08 Å². The van der Waals surface area contributed by atoms with E-state index in [0.29, 0.717) is 25.4 Å². The maximum absolute atomic E-state index is 11.8. The molecule has 2 heterocycles. The van der Waals surface area contributed by atoms with Gasteiger partial charge >= 0.3 is 0 Å². The van der Waals surface area contributed by atoms with Crippen LogP contribution in [-0.4, -0.2) is 42.6 Å². The van der Waals surface area contributed by atoms with Gasteiger partial charge in [0.05, 0.1) is 19.1 Å². The highest BCUT2D eigenvalue weighted by Crippen LogP contribution is 2.32. The molecule has 2 atom stereocenters. The molecule has 0 aromatic heterocycles. The first kappa shape index (κ1) is 11.0. The van der Waals surface area contributed by atoms with E-state index in [2.05, 4.69) is 29.4 Å². The van der Waals surface area contributed by atoms with E-state index < -0.39 is 0 Å². The van der Waals surface area contributed by atoms with Crippen molar-refractivity contribution in [3.63, 3.8) is 0 Å². The zero-order chi connectivity index (χ0) is 11.9. The fraction of sp³-hybridized carbons (Fsp3) is 0.615. The Morgan fingerprint density at radius 3 is 3.18 bits per heavy atom. The van der Waals surface area contributed by atoms with Gasteiger partial charge in [-0.15, -0.1) is 0 Å². The number of Topliss-reactive ketones (excluding diaryl/α,β-unsaturated/α-hetero) is 1. The summed E-state index contributed by atoms with van der Waals surface area (Å²) in [6, 6.07) is 0. The molecule has 91 valence electrons. The van der Waals surface area contributed by atoms with Crippen molar-refractivity contribution in [2.24, 2.45) is 5.92 Å². The van der Waals surface area contributed by atoms with E-state index in [9.17, 15) is 4.79 Å². The van der Waals surface area contributed by atoms with Gasteiger partial charge in [-0.1, -0.05) is 12.2 Å². The third kappa shape index (κ3) is 1.81. The largest absolute Gasteiger partial charge is 0.376 e. The maximum atomic E-state index is 11.8. The summed E-state index contributed by atoms with van der Waals surface area (Å²) in [5.74, 6) is 0.371. The molecule has 4 nitrogen and oxygen atoms in total. The Bertz CT molecular complexity index is 394. The Morgan fingerprint density at radius 1 is 1.59 bits per heavy atom. The lowest BCUT2D eigenvalue weighted by molar-refractivity contribution is -0.121. The topological polar surface area (TPSA) is 43.6 Å². The highest BCUT2D eigenvalue weighted by molar-refractivity contribution is 5.88. The van der Waals surface area contributed by atoms with Gasteiger partial charge in [0.1, 0.15) is 11.4 Å². The molecule has 0 amide bonds. The number of morpholine rings is 1. The number of allylic oxidation sites excluding steroid dienone is 2. The predicted octanol–water partition coefficient (Wildman–Crippen LogP) is 0.682. The molecule has 17 heavy (non-hydrogen) atoms. The molecule has 0 saturated carbocycles. The summed E-state index contributed by atoms with van der Waals surface area (Å²) in [7, 11) is 0. The number of nitrogens with zero attached hydrogens (tertiary/aromatic N) is 2. The molecular weight excluding hydrogens is 216 g/mol. The fourth-order valence-electron chi connectivity index (χ4n) is 2.70. The summed E-state index contributed by atoms with van der Waals surface area (Å²) in [4.78, 5) is 14.0. The summed E-state index contributed by atoms with van der Waals surface area (Å²) in [6.45, 7) is 4.89. The number of ketones is 1. The number of hydrogen-bond donors (Lipinski definition) is 0. The van der Waals surface area contributed by atoms with Crippen LogP contribution in [-0.2, 0) is 9.53 Å². The standard InChI is InChI=1S/C13H17N2O2/c1-13(9-17-6-5-14-13)15-7-10-3-2-4-12(16)11(10)8-15/h2-3,7,11H,4-6,8-9H2,1H3. The highest BCUT2D eigenvalue weighted by Gasteiger charge is 2.40. The van der Waals surface area contributed by atoms with Gasteiger partial charge in [0.2, 0.25) is 0 Å². The first-order valence-corrected chi connectivity index (χ1v) is 6.13. The normalized spacial score (nSPS) is 37.0. The highest BCUT2D eigenvalue weighted by atomic mass is 16.5. The van der Waals surface area contributed by atoms with Crippen molar-refractivity contribution >= 4 is 5.78 Å². The number of ether oxygens (including phenoxy) is 1. The van der Waals surface area contributed by atoms with Crippen molar-refractivity contribution in [2.45, 2.75) is 19.0 Å². The number of rotatable bonds is 1. The second-order valence-electron chi connectivity index (χ2n) is 5.06. The van der Waals surface area contributed by atoms with Crippen LogP contribution in [0.25, 0.3) is 0 Å². The van der Waals surface area contributed by atoms with Gasteiger partial charge in [0.25, 0.3) is 0 Å². The zero-order valence-corrected chi connectivity index (χ0v) is 10.1. The average Bonchev–Trinajstić information content (AvgIpc) is 2.76. The summed E-state index contributed by atoms with van der Waals surface area (Å²) in [5, 5.41) is 4.65. The molecule has 0 aromatic rings. The Labute approximate surface area is 101 Å². The summed E-state index contributed by atoms with van der Waals surface area (Å²) < 4.78 is 5.51. The van der Waals surface area contributed by atoms with Crippen molar-refractivity contribution < 1.29 is 9.53 Å². The van der Waals surface area contributed by atoms with Gasteiger partial charge in [-0.25, -0.2) is 5.32 Å². The fourth-order valence-corrected chi connectivity index (χ4v) is 2.70. The van der Waals surface area contributed by atoms with E-state index in [4.69, 9.17) is 4.74 Å². The summed E-state index contributed by atoms with van der Waals surface area (Å²) in [6.07, 6.45) is 6.67. The minimum Gasteiger partial charge on any atom is -0.376 e. The van der Waals surface area contributed by atoms with Gasteiger partial charge in [-0.05, 0) is 12.5 Å². The van der Waals surface area contributed by atoms with Crippen molar-refractivity contribution in [1.29, 1.82) is 0 Å². The van der Waals surface area contributed by atoms with E-state index in [-0.39, 0.29) is 11.6 Å². The third-order valence-corrected chi connectivity index (χ3v) is 3.79. The van der Waals surface area contributed by atoms with Crippen molar-refractivity contribution in [3.8, 4) is 0 Å². The Hall–Kier alpha value is -1.13. The predicted molar refractivity (Wildman–Crippen MR) is 63.3 cm³/mol. The SMILES string of the molecule is CC1(N2C=C3C=CCC(=O)C3C2)COCC[N]1. The lowest BCUT2D eigenvalue weighted by atomic mass is 9.90. The van der Waals surface area contributed by atoms with Crippen LogP contribution in [0, 0.1) is 5.92 Å². The van der Waals surface area contributed by atoms with E-state index in [1.165, 1.54) is 0 Å². The molecular formula is C13H17N2O2. The molecule has 0 bridgehead atoms.